The molecular weight excluding hydrogens is 156 g/mol. The Labute approximate surface area is 83.1 Å². The van der Waals surface area contributed by atoms with Crippen molar-refractivity contribution < 1.29 is 0 Å². The van der Waals surface area contributed by atoms with Crippen molar-refractivity contribution in [1.29, 1.82) is 0 Å². The van der Waals surface area contributed by atoms with Gasteiger partial charge in [-0.2, -0.15) is 0 Å². The second kappa shape index (κ2) is 3.29. The third-order valence-corrected chi connectivity index (χ3v) is 4.41. The zero-order chi connectivity index (χ0) is 9.47. The molecule has 0 nitrogen and oxygen atoms in total. The molecule has 0 heteroatoms. The fourth-order valence-electron chi connectivity index (χ4n) is 3.58. The molecule has 0 aromatic carbocycles. The molecule has 0 aliphatic heterocycles. The largest absolute Gasteiger partial charge is 0.0625 e. The molecule has 0 aromatic rings. The first-order chi connectivity index (χ1) is 6.07. The Balaban J connectivity index is 2.00. The Morgan fingerprint density at radius 2 is 1.77 bits per heavy atom. The summed E-state index contributed by atoms with van der Waals surface area (Å²) in [5.74, 6) is 3.19. The van der Waals surface area contributed by atoms with Crippen LogP contribution in [0, 0.1) is 23.2 Å². The van der Waals surface area contributed by atoms with E-state index in [4.69, 9.17) is 0 Å². The minimum Gasteiger partial charge on any atom is -0.0625 e. The highest BCUT2D eigenvalue weighted by molar-refractivity contribution is 4.88. The first kappa shape index (κ1) is 9.55. The molecule has 0 amide bonds. The molecule has 3 atom stereocenters. The van der Waals surface area contributed by atoms with Crippen LogP contribution in [0.4, 0.5) is 0 Å². The minimum atomic E-state index is 0.651. The number of rotatable bonds is 0. The van der Waals surface area contributed by atoms with Gasteiger partial charge in [-0.15, -0.1) is 0 Å². The summed E-state index contributed by atoms with van der Waals surface area (Å²) in [6.07, 6.45) is 9.05. The molecule has 2 aliphatic carbocycles. The molecule has 0 heterocycles. The van der Waals surface area contributed by atoms with Gasteiger partial charge in [-0.3, -0.25) is 0 Å². The summed E-state index contributed by atoms with van der Waals surface area (Å²) >= 11 is 0. The lowest BCUT2D eigenvalue weighted by Gasteiger charge is -2.45. The van der Waals surface area contributed by atoms with Gasteiger partial charge in [-0.25, -0.2) is 0 Å². The highest BCUT2D eigenvalue weighted by atomic mass is 14.4. The topological polar surface area (TPSA) is 0 Å². The van der Waals surface area contributed by atoms with Gasteiger partial charge in [-0.05, 0) is 55.3 Å². The van der Waals surface area contributed by atoms with Gasteiger partial charge in [0.2, 0.25) is 0 Å². The first-order valence-electron chi connectivity index (χ1n) is 6.07. The lowest BCUT2D eigenvalue weighted by atomic mass is 9.61. The summed E-state index contributed by atoms with van der Waals surface area (Å²) in [6, 6.07) is 0. The highest BCUT2D eigenvalue weighted by Crippen LogP contribution is 2.48. The lowest BCUT2D eigenvalue weighted by Crippen LogP contribution is -2.33. The van der Waals surface area contributed by atoms with Gasteiger partial charge in [0.25, 0.3) is 0 Å². The molecule has 0 bridgehead atoms. The van der Waals surface area contributed by atoms with Crippen LogP contribution in [-0.2, 0) is 0 Å². The SMILES string of the molecule is CC1CCC2CCC(C)(C)CC2C1. The van der Waals surface area contributed by atoms with Crippen LogP contribution >= 0.6 is 0 Å². The third-order valence-electron chi connectivity index (χ3n) is 4.41. The Kier molecular flexibility index (Phi) is 2.42. The Morgan fingerprint density at radius 3 is 2.54 bits per heavy atom. The predicted octanol–water partition coefficient (Wildman–Crippen LogP) is 4.25. The second-order valence-electron chi connectivity index (χ2n) is 6.35. The van der Waals surface area contributed by atoms with E-state index >= 15 is 0 Å². The average molecular weight is 180 g/mol. The summed E-state index contributed by atoms with van der Waals surface area (Å²) < 4.78 is 0. The molecule has 0 saturated heterocycles. The van der Waals surface area contributed by atoms with Crippen LogP contribution in [0.1, 0.15) is 59.3 Å². The molecule has 0 spiro atoms. The molecule has 2 saturated carbocycles. The van der Waals surface area contributed by atoms with E-state index in [2.05, 4.69) is 20.8 Å². The number of fused-ring (bicyclic) bond motifs is 1. The van der Waals surface area contributed by atoms with E-state index < -0.39 is 0 Å². The smallest absolute Gasteiger partial charge is 0.0351 e. The van der Waals surface area contributed by atoms with E-state index in [0.717, 1.165) is 17.8 Å². The fraction of sp³-hybridized carbons (Fsp3) is 1.00. The molecule has 3 unspecified atom stereocenters. The lowest BCUT2D eigenvalue weighted by molar-refractivity contribution is 0.0644. The predicted molar refractivity (Wildman–Crippen MR) is 57.6 cm³/mol. The van der Waals surface area contributed by atoms with Gasteiger partial charge in [0.15, 0.2) is 0 Å². The molecule has 0 radical (unpaired) electrons. The standard InChI is InChI=1S/C13H24/c1-10-4-5-11-6-7-13(2,3)9-12(11)8-10/h10-12H,4-9H2,1-3H3. The van der Waals surface area contributed by atoms with Gasteiger partial charge in [0.1, 0.15) is 0 Å². The molecule has 2 rings (SSSR count). The third kappa shape index (κ3) is 2.08. The molecule has 76 valence electrons. The monoisotopic (exact) mass is 180 g/mol. The zero-order valence-corrected chi connectivity index (χ0v) is 9.47. The van der Waals surface area contributed by atoms with Crippen LogP contribution in [0.25, 0.3) is 0 Å². The van der Waals surface area contributed by atoms with E-state index in [1.165, 1.54) is 38.5 Å². The van der Waals surface area contributed by atoms with Crippen molar-refractivity contribution in [2.24, 2.45) is 23.2 Å². The summed E-state index contributed by atoms with van der Waals surface area (Å²) in [6.45, 7) is 7.36. The van der Waals surface area contributed by atoms with E-state index in [-0.39, 0.29) is 0 Å². The van der Waals surface area contributed by atoms with Crippen molar-refractivity contribution in [1.82, 2.24) is 0 Å². The van der Waals surface area contributed by atoms with Crippen molar-refractivity contribution in [3.8, 4) is 0 Å². The summed E-state index contributed by atoms with van der Waals surface area (Å²) in [5, 5.41) is 0. The summed E-state index contributed by atoms with van der Waals surface area (Å²) in [7, 11) is 0. The maximum Gasteiger partial charge on any atom is -0.0351 e. The molecule has 13 heavy (non-hydrogen) atoms. The van der Waals surface area contributed by atoms with Crippen molar-refractivity contribution in [2.75, 3.05) is 0 Å². The average Bonchev–Trinajstić information content (AvgIpc) is 2.01. The minimum absolute atomic E-state index is 0.651. The number of hydrogen-bond donors (Lipinski definition) is 0. The molecule has 0 aromatic heterocycles. The summed E-state index contributed by atoms with van der Waals surface area (Å²) in [5.41, 5.74) is 0.651. The Hall–Kier alpha value is 0. The van der Waals surface area contributed by atoms with Crippen LogP contribution < -0.4 is 0 Å². The van der Waals surface area contributed by atoms with E-state index in [0.29, 0.717) is 5.41 Å². The van der Waals surface area contributed by atoms with Gasteiger partial charge >= 0.3 is 0 Å². The fourth-order valence-corrected chi connectivity index (χ4v) is 3.58. The van der Waals surface area contributed by atoms with E-state index in [1.54, 1.807) is 0 Å². The second-order valence-corrected chi connectivity index (χ2v) is 6.35. The first-order valence-corrected chi connectivity index (χ1v) is 6.07. The van der Waals surface area contributed by atoms with Crippen molar-refractivity contribution in [2.45, 2.75) is 59.3 Å². The highest BCUT2D eigenvalue weighted by Gasteiger charge is 2.37. The van der Waals surface area contributed by atoms with Crippen LogP contribution in [0.2, 0.25) is 0 Å². The van der Waals surface area contributed by atoms with Gasteiger partial charge in [0, 0.05) is 0 Å². The van der Waals surface area contributed by atoms with Crippen molar-refractivity contribution in [3.05, 3.63) is 0 Å². The van der Waals surface area contributed by atoms with Gasteiger partial charge in [0.05, 0.1) is 0 Å². The van der Waals surface area contributed by atoms with Crippen LogP contribution in [0.3, 0.4) is 0 Å². The zero-order valence-electron chi connectivity index (χ0n) is 9.47. The maximum atomic E-state index is 2.46. The molecular formula is C13H24. The van der Waals surface area contributed by atoms with Gasteiger partial charge in [-0.1, -0.05) is 27.2 Å². The maximum absolute atomic E-state index is 2.46. The molecule has 2 fully saturated rings. The van der Waals surface area contributed by atoms with Crippen molar-refractivity contribution in [3.63, 3.8) is 0 Å². The molecule has 0 N–H and O–H groups in total. The van der Waals surface area contributed by atoms with Gasteiger partial charge < -0.3 is 0 Å². The van der Waals surface area contributed by atoms with E-state index in [9.17, 15) is 0 Å². The van der Waals surface area contributed by atoms with E-state index in [1.807, 2.05) is 0 Å². The molecule has 2 aliphatic rings. The van der Waals surface area contributed by atoms with Crippen LogP contribution in [0.5, 0.6) is 0 Å². The summed E-state index contributed by atoms with van der Waals surface area (Å²) in [4.78, 5) is 0. The quantitative estimate of drug-likeness (QED) is 0.523. The van der Waals surface area contributed by atoms with Crippen LogP contribution in [-0.4, -0.2) is 0 Å². The Morgan fingerprint density at radius 1 is 1.00 bits per heavy atom. The normalized spacial score (nSPS) is 44.1. The number of hydrogen-bond acceptors (Lipinski definition) is 0. The van der Waals surface area contributed by atoms with Crippen LogP contribution in [0.15, 0.2) is 0 Å². The van der Waals surface area contributed by atoms with Crippen molar-refractivity contribution >= 4 is 0 Å². The Bertz CT molecular complexity index is 180.